The van der Waals surface area contributed by atoms with Crippen LogP contribution in [0.2, 0.25) is 19.6 Å². The van der Waals surface area contributed by atoms with Crippen LogP contribution in [0.25, 0.3) is 6.20 Å². The van der Waals surface area contributed by atoms with E-state index >= 15 is 0 Å². The van der Waals surface area contributed by atoms with Crippen molar-refractivity contribution in [3.63, 3.8) is 0 Å². The van der Waals surface area contributed by atoms with Crippen molar-refractivity contribution < 1.29 is 0 Å². The zero-order chi connectivity index (χ0) is 15.1. The Hall–Kier alpha value is -0.833. The largest absolute Gasteiger partial charge is 0.245 e. The quantitative estimate of drug-likeness (QED) is 0.709. The van der Waals surface area contributed by atoms with E-state index in [1.165, 1.54) is 5.69 Å². The molecule has 0 unspecified atom stereocenters. The summed E-state index contributed by atoms with van der Waals surface area (Å²) in [5.41, 5.74) is 5.00. The molecule has 0 saturated heterocycles. The Labute approximate surface area is 119 Å². The first kappa shape index (κ1) is 16.2. The molecule has 1 aromatic heterocycles. The van der Waals surface area contributed by atoms with Gasteiger partial charge in [-0.15, -0.1) is 0 Å². The van der Waals surface area contributed by atoms with E-state index < -0.39 is 8.07 Å². The van der Waals surface area contributed by atoms with Crippen LogP contribution in [-0.4, -0.2) is 17.9 Å². The van der Waals surface area contributed by atoms with E-state index in [1.54, 1.807) is 0 Å². The summed E-state index contributed by atoms with van der Waals surface area (Å²) in [4.78, 5) is 0. The van der Waals surface area contributed by atoms with Crippen molar-refractivity contribution in [1.82, 2.24) is 9.78 Å². The molecule has 0 aliphatic carbocycles. The van der Waals surface area contributed by atoms with Crippen molar-refractivity contribution >= 4 is 14.3 Å². The molecule has 0 fully saturated rings. The first-order valence-corrected chi connectivity index (χ1v) is 10.7. The summed E-state index contributed by atoms with van der Waals surface area (Å²) < 4.78 is 2.08. The zero-order valence-electron chi connectivity index (χ0n) is 14.1. The molecule has 0 N–H and O–H groups in total. The predicted molar refractivity (Wildman–Crippen MR) is 88.3 cm³/mol. The van der Waals surface area contributed by atoms with E-state index in [0.29, 0.717) is 0 Å². The van der Waals surface area contributed by atoms with Crippen molar-refractivity contribution in [3.8, 4) is 0 Å². The summed E-state index contributed by atoms with van der Waals surface area (Å²) in [5, 5.41) is 4.80. The lowest BCUT2D eigenvalue weighted by atomic mass is 9.88. The monoisotopic (exact) mass is 278 g/mol. The molecule has 3 heteroatoms. The van der Waals surface area contributed by atoms with Gasteiger partial charge in [0.2, 0.25) is 0 Å². The number of rotatable bonds is 2. The molecular formula is C16H30N2Si. The van der Waals surface area contributed by atoms with Crippen LogP contribution in [0.15, 0.2) is 11.8 Å². The van der Waals surface area contributed by atoms with Crippen LogP contribution in [-0.2, 0) is 10.8 Å². The summed E-state index contributed by atoms with van der Waals surface area (Å²) in [6.45, 7) is 20.4. The second-order valence-electron chi connectivity index (χ2n) is 8.54. The summed E-state index contributed by atoms with van der Waals surface area (Å²) in [6, 6.07) is 2.26. The number of nitrogens with zero attached hydrogens (tertiary/aromatic N) is 2. The predicted octanol–water partition coefficient (Wildman–Crippen LogP) is 4.83. The highest BCUT2D eigenvalue weighted by atomic mass is 28.3. The SMILES string of the molecule is CC(C)(C)c1cc(C(C)(C)C)n(/C=C/[Si](C)(C)C)n1. The van der Waals surface area contributed by atoms with Crippen molar-refractivity contribution in [2.24, 2.45) is 0 Å². The highest BCUT2D eigenvalue weighted by Gasteiger charge is 2.25. The molecule has 0 amide bonds. The lowest BCUT2D eigenvalue weighted by Gasteiger charge is -2.19. The molecular weight excluding hydrogens is 248 g/mol. The van der Waals surface area contributed by atoms with Crippen LogP contribution in [0.1, 0.15) is 52.9 Å². The van der Waals surface area contributed by atoms with Crippen molar-refractivity contribution in [2.75, 3.05) is 0 Å². The van der Waals surface area contributed by atoms with E-state index in [-0.39, 0.29) is 10.8 Å². The van der Waals surface area contributed by atoms with Crippen LogP contribution in [0.4, 0.5) is 0 Å². The molecule has 1 rings (SSSR count). The minimum atomic E-state index is -1.20. The number of hydrogen-bond donors (Lipinski definition) is 0. The van der Waals surface area contributed by atoms with Gasteiger partial charge in [0.1, 0.15) is 0 Å². The summed E-state index contributed by atoms with van der Waals surface area (Å²) in [5.74, 6) is 0. The van der Waals surface area contributed by atoms with Gasteiger partial charge in [0.05, 0.1) is 13.8 Å². The molecule has 0 bridgehead atoms. The first-order valence-electron chi connectivity index (χ1n) is 7.10. The van der Waals surface area contributed by atoms with Gasteiger partial charge in [0.25, 0.3) is 0 Å². The molecule has 0 saturated carbocycles. The van der Waals surface area contributed by atoms with Gasteiger partial charge in [-0.05, 0) is 6.07 Å². The molecule has 1 aromatic rings. The normalized spacial score (nSPS) is 14.4. The number of aromatic nitrogens is 2. The molecule has 108 valence electrons. The molecule has 0 aliphatic rings. The minimum absolute atomic E-state index is 0.0955. The van der Waals surface area contributed by atoms with E-state index in [1.807, 2.05) is 0 Å². The van der Waals surface area contributed by atoms with Gasteiger partial charge in [0, 0.05) is 22.7 Å². The molecule has 0 atom stereocenters. The Kier molecular flexibility index (Phi) is 4.21. The Balaban J connectivity index is 3.30. The van der Waals surface area contributed by atoms with Gasteiger partial charge >= 0.3 is 0 Å². The van der Waals surface area contributed by atoms with Gasteiger partial charge in [0.15, 0.2) is 0 Å². The Morgan fingerprint density at radius 1 is 1.00 bits per heavy atom. The molecule has 0 spiro atoms. The molecule has 19 heavy (non-hydrogen) atoms. The molecule has 1 heterocycles. The summed E-state index contributed by atoms with van der Waals surface area (Å²) in [6.07, 6.45) is 2.17. The zero-order valence-corrected chi connectivity index (χ0v) is 15.1. The first-order chi connectivity index (χ1) is 8.31. The fraction of sp³-hybridized carbons (Fsp3) is 0.688. The fourth-order valence-corrected chi connectivity index (χ4v) is 2.32. The van der Waals surface area contributed by atoms with E-state index in [0.717, 1.165) is 5.69 Å². The number of hydrogen-bond acceptors (Lipinski definition) is 1. The molecule has 0 radical (unpaired) electrons. The topological polar surface area (TPSA) is 17.8 Å². The highest BCUT2D eigenvalue weighted by Crippen LogP contribution is 2.28. The van der Waals surface area contributed by atoms with Crippen molar-refractivity contribution in [3.05, 3.63) is 23.2 Å². The Bertz CT molecular complexity index is 462. The lowest BCUT2D eigenvalue weighted by molar-refractivity contribution is 0.544. The average Bonchev–Trinajstić information content (AvgIpc) is 2.55. The Morgan fingerprint density at radius 3 is 1.89 bits per heavy atom. The molecule has 0 aliphatic heterocycles. The third-order valence-corrected chi connectivity index (χ3v) is 4.14. The average molecular weight is 279 g/mol. The van der Waals surface area contributed by atoms with E-state index in [4.69, 9.17) is 5.10 Å². The molecule has 0 aromatic carbocycles. The van der Waals surface area contributed by atoms with E-state index in [2.05, 4.69) is 83.8 Å². The van der Waals surface area contributed by atoms with Crippen LogP contribution in [0, 0.1) is 0 Å². The second kappa shape index (κ2) is 4.93. The van der Waals surface area contributed by atoms with Gasteiger partial charge in [-0.1, -0.05) is 66.9 Å². The third-order valence-electron chi connectivity index (χ3n) is 2.99. The fourth-order valence-electron chi connectivity index (χ4n) is 1.73. The van der Waals surface area contributed by atoms with Gasteiger partial charge in [-0.25, -0.2) is 4.68 Å². The molecule has 2 nitrogen and oxygen atoms in total. The van der Waals surface area contributed by atoms with E-state index in [9.17, 15) is 0 Å². The maximum atomic E-state index is 4.80. The maximum Gasteiger partial charge on any atom is 0.0707 e. The van der Waals surface area contributed by atoms with Crippen LogP contribution in [0.3, 0.4) is 0 Å². The van der Waals surface area contributed by atoms with Gasteiger partial charge in [-0.3, -0.25) is 0 Å². The highest BCUT2D eigenvalue weighted by molar-refractivity contribution is 6.81. The van der Waals surface area contributed by atoms with Crippen molar-refractivity contribution in [2.45, 2.75) is 72.0 Å². The minimum Gasteiger partial charge on any atom is -0.245 e. The maximum absolute atomic E-state index is 4.80. The summed E-state index contributed by atoms with van der Waals surface area (Å²) in [7, 11) is -1.20. The Morgan fingerprint density at radius 2 is 1.53 bits per heavy atom. The lowest BCUT2D eigenvalue weighted by Crippen LogP contribution is -2.19. The third kappa shape index (κ3) is 4.64. The van der Waals surface area contributed by atoms with Crippen LogP contribution in [0.5, 0.6) is 0 Å². The van der Waals surface area contributed by atoms with Gasteiger partial charge < -0.3 is 0 Å². The van der Waals surface area contributed by atoms with Crippen LogP contribution < -0.4 is 0 Å². The second-order valence-corrected chi connectivity index (χ2v) is 13.6. The van der Waals surface area contributed by atoms with Gasteiger partial charge in [-0.2, -0.15) is 5.10 Å². The standard InChI is InChI=1S/C16H30N2Si/c1-15(2,3)13-12-14(16(4,5)6)18(17-13)10-11-19(7,8)9/h10-12H,1-9H3/b11-10+. The van der Waals surface area contributed by atoms with Crippen LogP contribution >= 0.6 is 0 Å². The summed E-state index contributed by atoms with van der Waals surface area (Å²) >= 11 is 0. The van der Waals surface area contributed by atoms with Crippen molar-refractivity contribution in [1.29, 1.82) is 0 Å². The smallest absolute Gasteiger partial charge is 0.0707 e.